The molecule has 5 aromatic rings. The van der Waals surface area contributed by atoms with Gasteiger partial charge in [-0.15, -0.1) is 0 Å². The lowest BCUT2D eigenvalue weighted by Gasteiger charge is -2.10. The molecule has 0 amide bonds. The van der Waals surface area contributed by atoms with Crippen LogP contribution in [0.25, 0.3) is 27.5 Å². The predicted octanol–water partition coefficient (Wildman–Crippen LogP) is 6.67. The molecule has 0 bridgehead atoms. The minimum absolute atomic E-state index is 0.228. The van der Waals surface area contributed by atoms with E-state index >= 15 is 0 Å². The maximum Gasteiger partial charge on any atom is 0.125 e. The standard InChI is InChI=1S/C24H17FN2/c25-17-10-15-22-21-8-4-5-9-23(21)27(24(22)16-17)20-13-11-19(12-14-20)26-18-6-2-1-3-7-18/h1-16,26H. The van der Waals surface area contributed by atoms with Gasteiger partial charge in [0.2, 0.25) is 0 Å². The van der Waals surface area contributed by atoms with Crippen LogP contribution < -0.4 is 5.32 Å². The molecule has 5 rings (SSSR count). The van der Waals surface area contributed by atoms with Gasteiger partial charge in [0.15, 0.2) is 0 Å². The molecule has 0 saturated heterocycles. The van der Waals surface area contributed by atoms with Crippen molar-refractivity contribution in [3.05, 3.63) is 103 Å². The Morgan fingerprint density at radius 1 is 0.593 bits per heavy atom. The Balaban J connectivity index is 1.63. The lowest BCUT2D eigenvalue weighted by Crippen LogP contribution is -1.95. The summed E-state index contributed by atoms with van der Waals surface area (Å²) < 4.78 is 16.1. The quantitative estimate of drug-likeness (QED) is 0.384. The third-order valence-corrected chi connectivity index (χ3v) is 4.82. The molecule has 0 atom stereocenters. The molecule has 27 heavy (non-hydrogen) atoms. The summed E-state index contributed by atoms with van der Waals surface area (Å²) >= 11 is 0. The van der Waals surface area contributed by atoms with Crippen LogP contribution >= 0.6 is 0 Å². The zero-order chi connectivity index (χ0) is 18.2. The van der Waals surface area contributed by atoms with Gasteiger partial charge in [0, 0.05) is 27.8 Å². The first-order valence-corrected chi connectivity index (χ1v) is 8.91. The van der Waals surface area contributed by atoms with Crippen LogP contribution in [0.15, 0.2) is 97.1 Å². The van der Waals surface area contributed by atoms with Gasteiger partial charge >= 0.3 is 0 Å². The molecule has 1 N–H and O–H groups in total. The maximum atomic E-state index is 13.9. The number of fused-ring (bicyclic) bond motifs is 3. The van der Waals surface area contributed by atoms with E-state index in [1.807, 2.05) is 60.7 Å². The number of halogens is 1. The van der Waals surface area contributed by atoms with E-state index in [-0.39, 0.29) is 5.82 Å². The van der Waals surface area contributed by atoms with E-state index in [9.17, 15) is 4.39 Å². The van der Waals surface area contributed by atoms with E-state index < -0.39 is 0 Å². The second-order valence-electron chi connectivity index (χ2n) is 6.55. The SMILES string of the molecule is Fc1ccc2c3ccccc3n(-c3ccc(Nc4ccccc4)cc3)c2c1. The minimum Gasteiger partial charge on any atom is -0.356 e. The molecule has 0 aliphatic carbocycles. The number of benzene rings is 4. The van der Waals surface area contributed by atoms with Gasteiger partial charge in [-0.25, -0.2) is 4.39 Å². The number of rotatable bonds is 3. The van der Waals surface area contributed by atoms with Crippen molar-refractivity contribution in [2.24, 2.45) is 0 Å². The van der Waals surface area contributed by atoms with Crippen molar-refractivity contribution < 1.29 is 4.39 Å². The highest BCUT2D eigenvalue weighted by Crippen LogP contribution is 2.32. The third kappa shape index (κ3) is 2.74. The molecule has 0 spiro atoms. The molecule has 0 radical (unpaired) electrons. The predicted molar refractivity (Wildman–Crippen MR) is 110 cm³/mol. The summed E-state index contributed by atoms with van der Waals surface area (Å²) in [4.78, 5) is 0. The second kappa shape index (κ2) is 6.29. The largest absolute Gasteiger partial charge is 0.356 e. The van der Waals surface area contributed by atoms with Crippen molar-refractivity contribution in [2.75, 3.05) is 5.32 Å². The molecule has 4 aromatic carbocycles. The van der Waals surface area contributed by atoms with Crippen molar-refractivity contribution in [3.63, 3.8) is 0 Å². The zero-order valence-electron chi connectivity index (χ0n) is 14.6. The first-order valence-electron chi connectivity index (χ1n) is 8.91. The fourth-order valence-corrected chi connectivity index (χ4v) is 3.60. The molecule has 0 aliphatic rings. The molecule has 2 nitrogen and oxygen atoms in total. The highest BCUT2D eigenvalue weighted by Gasteiger charge is 2.12. The van der Waals surface area contributed by atoms with Gasteiger partial charge in [-0.3, -0.25) is 0 Å². The molecule has 130 valence electrons. The van der Waals surface area contributed by atoms with Crippen molar-refractivity contribution in [2.45, 2.75) is 0 Å². The molecule has 0 saturated carbocycles. The van der Waals surface area contributed by atoms with Crippen LogP contribution in [0.4, 0.5) is 15.8 Å². The molecule has 0 aliphatic heterocycles. The third-order valence-electron chi connectivity index (χ3n) is 4.82. The maximum absolute atomic E-state index is 13.9. The van der Waals surface area contributed by atoms with E-state index in [0.717, 1.165) is 38.9 Å². The van der Waals surface area contributed by atoms with Crippen molar-refractivity contribution >= 4 is 33.2 Å². The number of nitrogens with one attached hydrogen (secondary N) is 1. The Labute approximate surface area is 156 Å². The summed E-state index contributed by atoms with van der Waals surface area (Å²) in [5.74, 6) is -0.228. The number of nitrogens with zero attached hydrogens (tertiary/aromatic N) is 1. The molecule has 0 unspecified atom stereocenters. The van der Waals surface area contributed by atoms with E-state index in [2.05, 4.69) is 34.1 Å². The summed E-state index contributed by atoms with van der Waals surface area (Å²) in [7, 11) is 0. The highest BCUT2D eigenvalue weighted by molar-refractivity contribution is 6.09. The van der Waals surface area contributed by atoms with Crippen LogP contribution in [-0.2, 0) is 0 Å². The fraction of sp³-hybridized carbons (Fsp3) is 0. The first kappa shape index (κ1) is 15.6. The number of aromatic nitrogens is 1. The molecular formula is C24H17FN2. The Morgan fingerprint density at radius 3 is 2.07 bits per heavy atom. The van der Waals surface area contributed by atoms with Crippen LogP contribution in [0.1, 0.15) is 0 Å². The average molecular weight is 352 g/mol. The van der Waals surface area contributed by atoms with Gasteiger partial charge in [-0.1, -0.05) is 36.4 Å². The van der Waals surface area contributed by atoms with Gasteiger partial charge in [0.05, 0.1) is 11.0 Å². The monoisotopic (exact) mass is 352 g/mol. The van der Waals surface area contributed by atoms with Gasteiger partial charge in [0.1, 0.15) is 5.82 Å². The number of hydrogen-bond donors (Lipinski definition) is 1. The summed E-state index contributed by atoms with van der Waals surface area (Å²) in [5.41, 5.74) is 5.01. The van der Waals surface area contributed by atoms with Crippen LogP contribution in [0, 0.1) is 5.82 Å². The number of para-hydroxylation sites is 2. The second-order valence-corrected chi connectivity index (χ2v) is 6.55. The average Bonchev–Trinajstić information content (AvgIpc) is 3.03. The van der Waals surface area contributed by atoms with E-state index in [0.29, 0.717) is 0 Å². The lowest BCUT2D eigenvalue weighted by atomic mass is 10.1. The molecular weight excluding hydrogens is 335 g/mol. The normalized spacial score (nSPS) is 11.1. The van der Waals surface area contributed by atoms with Gasteiger partial charge in [0.25, 0.3) is 0 Å². The number of anilines is 2. The van der Waals surface area contributed by atoms with Gasteiger partial charge < -0.3 is 9.88 Å². The van der Waals surface area contributed by atoms with Crippen LogP contribution in [0.2, 0.25) is 0 Å². The summed E-state index contributed by atoms with van der Waals surface area (Å²) in [6, 6.07) is 31.4. The Hall–Kier alpha value is -3.59. The van der Waals surface area contributed by atoms with E-state index in [1.54, 1.807) is 6.07 Å². The first-order chi connectivity index (χ1) is 13.3. The van der Waals surface area contributed by atoms with Crippen LogP contribution in [0.3, 0.4) is 0 Å². The van der Waals surface area contributed by atoms with Crippen molar-refractivity contribution in [1.29, 1.82) is 0 Å². The summed E-state index contributed by atoms with van der Waals surface area (Å²) in [5, 5.41) is 5.57. The highest BCUT2D eigenvalue weighted by atomic mass is 19.1. The van der Waals surface area contributed by atoms with Crippen molar-refractivity contribution in [3.8, 4) is 5.69 Å². The molecule has 1 heterocycles. The Morgan fingerprint density at radius 2 is 1.26 bits per heavy atom. The zero-order valence-corrected chi connectivity index (χ0v) is 14.6. The number of hydrogen-bond acceptors (Lipinski definition) is 1. The Kier molecular flexibility index (Phi) is 3.65. The van der Waals surface area contributed by atoms with Crippen LogP contribution in [0.5, 0.6) is 0 Å². The summed E-state index contributed by atoms with van der Waals surface area (Å²) in [6.45, 7) is 0. The topological polar surface area (TPSA) is 17.0 Å². The Bertz CT molecular complexity index is 1240. The molecule has 3 heteroatoms. The van der Waals surface area contributed by atoms with Crippen LogP contribution in [-0.4, -0.2) is 4.57 Å². The van der Waals surface area contributed by atoms with Crippen molar-refractivity contribution in [1.82, 2.24) is 4.57 Å². The fourth-order valence-electron chi connectivity index (χ4n) is 3.60. The molecule has 1 aromatic heterocycles. The molecule has 0 fully saturated rings. The minimum atomic E-state index is -0.228. The lowest BCUT2D eigenvalue weighted by molar-refractivity contribution is 0.629. The van der Waals surface area contributed by atoms with Gasteiger partial charge in [-0.2, -0.15) is 0 Å². The summed E-state index contributed by atoms with van der Waals surface area (Å²) in [6.07, 6.45) is 0. The van der Waals surface area contributed by atoms with E-state index in [4.69, 9.17) is 0 Å². The van der Waals surface area contributed by atoms with E-state index in [1.165, 1.54) is 6.07 Å². The van der Waals surface area contributed by atoms with Gasteiger partial charge in [-0.05, 0) is 60.7 Å². The smallest absolute Gasteiger partial charge is 0.125 e.